The maximum absolute atomic E-state index is 13.6. The fraction of sp³-hybridized carbons (Fsp3) is 0.292. The lowest BCUT2D eigenvalue weighted by atomic mass is 9.80. The van der Waals surface area contributed by atoms with Gasteiger partial charge in [0.2, 0.25) is 12.1 Å². The summed E-state index contributed by atoms with van der Waals surface area (Å²) in [5.41, 5.74) is -0.710. The molecule has 6 N–H and O–H groups in total. The van der Waals surface area contributed by atoms with Crippen LogP contribution in [-0.2, 0) is 4.74 Å². The number of aliphatic hydroxyl groups excluding tert-OH is 4. The monoisotopic (exact) mass is 483 g/mol. The molecule has 5 atom stereocenters. The number of pyridine rings is 1. The zero-order chi connectivity index (χ0) is 25.2. The van der Waals surface area contributed by atoms with Gasteiger partial charge >= 0.3 is 0 Å². The van der Waals surface area contributed by atoms with Crippen LogP contribution in [-0.4, -0.2) is 79.4 Å². The van der Waals surface area contributed by atoms with Crippen LogP contribution in [0.25, 0.3) is 10.8 Å². The zero-order valence-electron chi connectivity index (χ0n) is 18.3. The van der Waals surface area contributed by atoms with Gasteiger partial charge in [-0.3, -0.25) is 14.4 Å². The second kappa shape index (κ2) is 8.26. The average molecular weight is 483 g/mol. The Morgan fingerprint density at radius 3 is 2.40 bits per heavy atom. The second-order valence-electron chi connectivity index (χ2n) is 8.57. The highest BCUT2D eigenvalue weighted by atomic mass is 16.7. The van der Waals surface area contributed by atoms with E-state index in [0.717, 1.165) is 0 Å². The predicted octanol–water partition coefficient (Wildman–Crippen LogP) is -0.504. The number of aliphatic hydroxyl groups is 4. The number of carbonyl (C=O) groups is 2. The van der Waals surface area contributed by atoms with E-state index in [1.807, 2.05) is 0 Å². The normalized spacial score (nSPS) is 25.9. The van der Waals surface area contributed by atoms with Crippen molar-refractivity contribution in [1.29, 1.82) is 0 Å². The van der Waals surface area contributed by atoms with Crippen LogP contribution in [0, 0.1) is 6.92 Å². The van der Waals surface area contributed by atoms with E-state index in [9.17, 15) is 39.9 Å². The Morgan fingerprint density at radius 2 is 1.69 bits per heavy atom. The van der Waals surface area contributed by atoms with Crippen molar-refractivity contribution in [3.8, 4) is 11.5 Å². The quantitative estimate of drug-likeness (QED) is 0.222. The van der Waals surface area contributed by atoms with Gasteiger partial charge in [-0.05, 0) is 36.8 Å². The van der Waals surface area contributed by atoms with E-state index in [1.165, 1.54) is 30.5 Å². The van der Waals surface area contributed by atoms with E-state index < -0.39 is 60.2 Å². The number of phenolic OH excluding ortho intramolecular Hbond substituents is 1. The summed E-state index contributed by atoms with van der Waals surface area (Å²) < 4.78 is 11.1. The van der Waals surface area contributed by atoms with Gasteiger partial charge in [0.15, 0.2) is 5.78 Å². The van der Waals surface area contributed by atoms with E-state index in [-0.39, 0.29) is 38.8 Å². The lowest BCUT2D eigenvalue weighted by molar-refractivity contribution is -0.277. The minimum Gasteiger partial charge on any atom is -0.507 e. The number of ether oxygens (including phenoxy) is 2. The number of hydrogen-bond donors (Lipinski definition) is 6. The number of nitrogens with one attached hydrogen (secondary N) is 1. The van der Waals surface area contributed by atoms with E-state index in [4.69, 9.17) is 9.47 Å². The number of phenols is 1. The molecule has 5 unspecified atom stereocenters. The third-order valence-electron chi connectivity index (χ3n) is 6.32. The van der Waals surface area contributed by atoms with Crippen LogP contribution in [0.4, 0.5) is 0 Å². The van der Waals surface area contributed by atoms with Gasteiger partial charge in [0.1, 0.15) is 35.9 Å². The van der Waals surface area contributed by atoms with E-state index in [0.29, 0.717) is 5.56 Å². The van der Waals surface area contributed by atoms with Crippen molar-refractivity contribution in [2.75, 3.05) is 6.61 Å². The molecule has 2 heterocycles. The molecule has 5 rings (SSSR count). The van der Waals surface area contributed by atoms with Crippen LogP contribution in [0.15, 0.2) is 35.3 Å². The van der Waals surface area contributed by atoms with Gasteiger partial charge < -0.3 is 40.0 Å². The Bertz CT molecular complexity index is 1440. The summed E-state index contributed by atoms with van der Waals surface area (Å²) in [6.07, 6.45) is -6.83. The van der Waals surface area contributed by atoms with Crippen LogP contribution < -0.4 is 10.3 Å². The molecule has 182 valence electrons. The highest BCUT2D eigenvalue weighted by molar-refractivity contribution is 6.33. The van der Waals surface area contributed by atoms with Gasteiger partial charge in [0.25, 0.3) is 5.56 Å². The molecule has 0 amide bonds. The lowest BCUT2D eigenvalue weighted by Gasteiger charge is -2.39. The fourth-order valence-electron chi connectivity index (χ4n) is 4.60. The number of aromatic hydroxyl groups is 1. The maximum Gasteiger partial charge on any atom is 0.255 e. The van der Waals surface area contributed by atoms with Gasteiger partial charge in [-0.15, -0.1) is 0 Å². The first kappa shape index (κ1) is 23.1. The van der Waals surface area contributed by atoms with E-state index in [2.05, 4.69) is 4.98 Å². The summed E-state index contributed by atoms with van der Waals surface area (Å²) in [4.78, 5) is 42.2. The Balaban J connectivity index is 1.73. The summed E-state index contributed by atoms with van der Waals surface area (Å²) >= 11 is 0. The first-order chi connectivity index (χ1) is 16.6. The van der Waals surface area contributed by atoms with Crippen molar-refractivity contribution in [2.24, 2.45) is 0 Å². The molecule has 11 nitrogen and oxygen atoms in total. The Hall–Kier alpha value is -3.61. The number of H-pyrrole nitrogens is 1. The van der Waals surface area contributed by atoms with Crippen LogP contribution >= 0.6 is 0 Å². The van der Waals surface area contributed by atoms with Crippen molar-refractivity contribution in [2.45, 2.75) is 37.6 Å². The maximum atomic E-state index is 13.6. The summed E-state index contributed by atoms with van der Waals surface area (Å²) in [7, 11) is 0. The Kier molecular flexibility index (Phi) is 5.46. The molecule has 11 heteroatoms. The van der Waals surface area contributed by atoms with Crippen molar-refractivity contribution < 1.29 is 44.6 Å². The second-order valence-corrected chi connectivity index (χ2v) is 8.57. The molecule has 3 aromatic rings. The molecule has 35 heavy (non-hydrogen) atoms. The van der Waals surface area contributed by atoms with Crippen molar-refractivity contribution >= 4 is 22.3 Å². The molecule has 0 spiro atoms. The van der Waals surface area contributed by atoms with Gasteiger partial charge in [0, 0.05) is 22.7 Å². The number of benzene rings is 2. The zero-order valence-corrected chi connectivity index (χ0v) is 18.3. The third-order valence-corrected chi connectivity index (χ3v) is 6.32. The number of hydrogen-bond acceptors (Lipinski definition) is 10. The van der Waals surface area contributed by atoms with Gasteiger partial charge in [-0.1, -0.05) is 0 Å². The molecule has 1 aliphatic carbocycles. The number of aromatic amines is 1. The molecule has 0 radical (unpaired) electrons. The SMILES string of the molecule is Cc1cc(O)c2c(c1)C(=O)c1c(c(OC3OC(CO)C(O)C(O)C3O)cc3c(=O)[nH]ccc13)C2=O. The summed E-state index contributed by atoms with van der Waals surface area (Å²) in [6.45, 7) is 0.938. The van der Waals surface area contributed by atoms with Gasteiger partial charge in [-0.2, -0.15) is 0 Å². The standard InChI is InChI=1S/C24H21NO10/c1-8-4-11-15(12(27)5-8)20(30)17-13(34-24-22(32)21(31)19(29)14(7-26)35-24)6-10-9(16(17)18(11)28)2-3-25-23(10)33/h2-6,14,19,21-22,24,26-27,29,31-32H,7H2,1H3,(H,25,33). The summed E-state index contributed by atoms with van der Waals surface area (Å²) in [6, 6.07) is 5.44. The summed E-state index contributed by atoms with van der Waals surface area (Å²) in [5.74, 6) is -2.11. The van der Waals surface area contributed by atoms with Crippen molar-refractivity contribution in [3.05, 3.63) is 68.6 Å². The Morgan fingerprint density at radius 1 is 0.943 bits per heavy atom. The molecular weight excluding hydrogens is 462 g/mol. The van der Waals surface area contributed by atoms with E-state index >= 15 is 0 Å². The number of rotatable bonds is 3. The molecule has 1 aromatic heterocycles. The largest absolute Gasteiger partial charge is 0.507 e. The van der Waals surface area contributed by atoms with Crippen LogP contribution in [0.3, 0.4) is 0 Å². The lowest BCUT2D eigenvalue weighted by Crippen LogP contribution is -2.60. The fourth-order valence-corrected chi connectivity index (χ4v) is 4.60. The first-order valence-corrected chi connectivity index (χ1v) is 10.7. The molecule has 1 fully saturated rings. The molecule has 1 saturated heterocycles. The number of carbonyl (C=O) groups excluding carboxylic acids is 2. The van der Waals surface area contributed by atoms with Crippen LogP contribution in [0.5, 0.6) is 11.5 Å². The third kappa shape index (κ3) is 3.44. The van der Waals surface area contributed by atoms with Crippen LogP contribution in [0.1, 0.15) is 37.4 Å². The van der Waals surface area contributed by atoms with Crippen molar-refractivity contribution in [3.63, 3.8) is 0 Å². The van der Waals surface area contributed by atoms with E-state index in [1.54, 1.807) is 6.92 Å². The minimum atomic E-state index is -1.80. The molecule has 0 bridgehead atoms. The number of aromatic nitrogens is 1. The molecule has 0 saturated carbocycles. The average Bonchev–Trinajstić information content (AvgIpc) is 2.82. The molecule has 2 aliphatic rings. The Labute approximate surface area is 196 Å². The number of ketones is 2. The smallest absolute Gasteiger partial charge is 0.255 e. The van der Waals surface area contributed by atoms with Gasteiger partial charge in [0.05, 0.1) is 23.1 Å². The topological polar surface area (TPSA) is 187 Å². The number of aryl methyl sites for hydroxylation is 1. The molecule has 1 aliphatic heterocycles. The predicted molar refractivity (Wildman–Crippen MR) is 119 cm³/mol. The summed E-state index contributed by atoms with van der Waals surface area (Å²) in [5, 5.41) is 50.6. The molecule has 2 aromatic carbocycles. The first-order valence-electron chi connectivity index (χ1n) is 10.7. The minimum absolute atomic E-state index is 0.00677. The number of fused-ring (bicyclic) bond motifs is 4. The molecular formula is C24H21NO10. The highest BCUT2D eigenvalue weighted by Gasteiger charge is 2.46. The van der Waals surface area contributed by atoms with Crippen LogP contribution in [0.2, 0.25) is 0 Å². The van der Waals surface area contributed by atoms with Crippen molar-refractivity contribution in [1.82, 2.24) is 4.98 Å². The van der Waals surface area contributed by atoms with Gasteiger partial charge in [-0.25, -0.2) is 0 Å². The highest BCUT2D eigenvalue weighted by Crippen LogP contribution is 2.41.